The first kappa shape index (κ1) is 59.3. The number of unbranched alkanes of at least 4 members (excludes halogenated alkanes) is 25. The van der Waals surface area contributed by atoms with Crippen LogP contribution in [0.5, 0.6) is 0 Å². The van der Waals surface area contributed by atoms with E-state index in [0.29, 0.717) is 19.4 Å². The van der Waals surface area contributed by atoms with Gasteiger partial charge >= 0.3 is 11.9 Å². The lowest BCUT2D eigenvalue weighted by Gasteiger charge is -2.18. The van der Waals surface area contributed by atoms with Gasteiger partial charge in [0.05, 0.1) is 6.61 Å². The molecule has 0 aromatic heterocycles. The molecule has 0 saturated carbocycles. The Morgan fingerprint density at radius 1 is 0.371 bits per heavy atom. The van der Waals surface area contributed by atoms with E-state index in [1.54, 1.807) is 0 Å². The third kappa shape index (κ3) is 50.0. The highest BCUT2D eigenvalue weighted by atomic mass is 16.6. The summed E-state index contributed by atoms with van der Waals surface area (Å²) in [6.45, 7) is 7.66. The Kier molecular flexibility index (Phi) is 50.4. The van der Waals surface area contributed by atoms with Crippen LogP contribution in [0.2, 0.25) is 0 Å². The van der Waals surface area contributed by atoms with E-state index in [2.05, 4.69) is 93.7 Å². The minimum Gasteiger partial charge on any atom is -0.462 e. The van der Waals surface area contributed by atoms with Gasteiger partial charge in [-0.3, -0.25) is 9.59 Å². The van der Waals surface area contributed by atoms with E-state index in [-0.39, 0.29) is 25.2 Å². The molecule has 0 radical (unpaired) electrons. The first-order chi connectivity index (χ1) is 30.6. The molecule has 0 aliphatic rings. The zero-order valence-corrected chi connectivity index (χ0v) is 41.1. The molecule has 358 valence electrons. The fourth-order valence-electron chi connectivity index (χ4n) is 7.30. The SMILES string of the molecule is CC/C=C\C/C=C\C/C=C\C/C=C\CCCCCCC(=O)OCC(COCCCCCCCCCC/C=C\C/C=C\CCCCC)OC(=O)CCCCCCCCCCCCC. The number of carbonyl (C=O) groups excluding carboxylic acids is 2. The summed E-state index contributed by atoms with van der Waals surface area (Å²) in [4.78, 5) is 25.4. The second kappa shape index (κ2) is 52.7. The minimum absolute atomic E-state index is 0.0701. The Hall–Kier alpha value is -2.66. The molecule has 1 atom stereocenters. The third-order valence-corrected chi connectivity index (χ3v) is 11.2. The fraction of sp³-hybridized carbons (Fsp3) is 0.754. The van der Waals surface area contributed by atoms with Gasteiger partial charge in [0, 0.05) is 19.4 Å². The number of hydrogen-bond acceptors (Lipinski definition) is 5. The molecule has 0 fully saturated rings. The summed E-state index contributed by atoms with van der Waals surface area (Å²) in [5, 5.41) is 0. The monoisotopic (exact) mass is 865 g/mol. The number of hydrogen-bond donors (Lipinski definition) is 0. The highest BCUT2D eigenvalue weighted by molar-refractivity contribution is 5.70. The molecule has 0 aromatic rings. The molecular formula is C57H100O5. The molecule has 0 aliphatic heterocycles. The van der Waals surface area contributed by atoms with Gasteiger partial charge in [-0.25, -0.2) is 0 Å². The summed E-state index contributed by atoms with van der Waals surface area (Å²) in [7, 11) is 0. The number of ether oxygens (including phenoxy) is 3. The second-order valence-corrected chi connectivity index (χ2v) is 17.4. The van der Waals surface area contributed by atoms with Gasteiger partial charge in [0.25, 0.3) is 0 Å². The van der Waals surface area contributed by atoms with Crippen LogP contribution in [-0.2, 0) is 23.8 Å². The zero-order valence-electron chi connectivity index (χ0n) is 41.1. The third-order valence-electron chi connectivity index (χ3n) is 11.2. The normalized spacial score (nSPS) is 12.8. The maximum atomic E-state index is 12.8. The molecule has 0 bridgehead atoms. The van der Waals surface area contributed by atoms with E-state index >= 15 is 0 Å². The Morgan fingerprint density at radius 2 is 0.726 bits per heavy atom. The van der Waals surface area contributed by atoms with Crippen molar-refractivity contribution < 1.29 is 23.8 Å². The lowest BCUT2D eigenvalue weighted by Crippen LogP contribution is -2.30. The molecule has 0 aromatic carbocycles. The van der Waals surface area contributed by atoms with Crippen LogP contribution in [0.25, 0.3) is 0 Å². The molecule has 5 nitrogen and oxygen atoms in total. The van der Waals surface area contributed by atoms with Crippen LogP contribution in [0.4, 0.5) is 0 Å². The van der Waals surface area contributed by atoms with Gasteiger partial charge in [0.15, 0.2) is 6.10 Å². The van der Waals surface area contributed by atoms with E-state index in [9.17, 15) is 9.59 Å². The van der Waals surface area contributed by atoms with Crippen LogP contribution in [0.15, 0.2) is 72.9 Å². The van der Waals surface area contributed by atoms with Crippen molar-refractivity contribution in [2.75, 3.05) is 19.8 Å². The average molecular weight is 865 g/mol. The maximum absolute atomic E-state index is 12.8. The van der Waals surface area contributed by atoms with Crippen molar-refractivity contribution in [3.63, 3.8) is 0 Å². The molecule has 0 saturated heterocycles. The first-order valence-electron chi connectivity index (χ1n) is 26.5. The van der Waals surface area contributed by atoms with Crippen LogP contribution in [-0.4, -0.2) is 37.9 Å². The van der Waals surface area contributed by atoms with Gasteiger partial charge in [-0.15, -0.1) is 0 Å². The van der Waals surface area contributed by atoms with Gasteiger partial charge in [0.1, 0.15) is 6.61 Å². The fourth-order valence-corrected chi connectivity index (χ4v) is 7.30. The van der Waals surface area contributed by atoms with E-state index in [1.807, 2.05) is 0 Å². The van der Waals surface area contributed by atoms with Crippen molar-refractivity contribution in [1.82, 2.24) is 0 Å². The van der Waals surface area contributed by atoms with E-state index in [1.165, 1.54) is 128 Å². The van der Waals surface area contributed by atoms with E-state index in [0.717, 1.165) is 89.9 Å². The molecule has 0 aliphatic carbocycles. The Bertz CT molecular complexity index is 1110. The van der Waals surface area contributed by atoms with Gasteiger partial charge in [0.2, 0.25) is 0 Å². The Morgan fingerprint density at radius 3 is 1.19 bits per heavy atom. The quantitative estimate of drug-likeness (QED) is 0.0346. The highest BCUT2D eigenvalue weighted by Crippen LogP contribution is 2.14. The molecule has 0 amide bonds. The second-order valence-electron chi connectivity index (χ2n) is 17.4. The largest absolute Gasteiger partial charge is 0.462 e. The topological polar surface area (TPSA) is 61.8 Å². The predicted molar refractivity (Wildman–Crippen MR) is 270 cm³/mol. The minimum atomic E-state index is -0.549. The molecule has 0 spiro atoms. The highest BCUT2D eigenvalue weighted by Gasteiger charge is 2.17. The van der Waals surface area contributed by atoms with Crippen LogP contribution in [0.3, 0.4) is 0 Å². The molecular weight excluding hydrogens is 765 g/mol. The van der Waals surface area contributed by atoms with Crippen molar-refractivity contribution in [3.8, 4) is 0 Å². The lowest BCUT2D eigenvalue weighted by atomic mass is 10.1. The molecule has 62 heavy (non-hydrogen) atoms. The average Bonchev–Trinajstić information content (AvgIpc) is 3.27. The number of carbonyl (C=O) groups is 2. The standard InChI is InChI=1S/C57H100O5/c1-4-7-10-13-16-19-22-24-26-28-30-32-34-37-40-43-46-49-52-60-53-55(62-57(59)51-48-45-42-39-35-21-18-15-12-9-6-3)54-61-56(58)50-47-44-41-38-36-33-31-29-27-25-23-20-17-14-11-8-5-2/h8,11,16-17,19-20,24-27,31,33,55H,4-7,9-10,12-15,18,21-23,28-30,32,34-54H2,1-3H3/b11-8-,19-16-,20-17-,26-24-,27-25-,33-31-. The summed E-state index contributed by atoms with van der Waals surface area (Å²) < 4.78 is 17.4. The smallest absolute Gasteiger partial charge is 0.306 e. The first-order valence-corrected chi connectivity index (χ1v) is 26.5. The van der Waals surface area contributed by atoms with Crippen molar-refractivity contribution in [2.45, 2.75) is 258 Å². The number of allylic oxidation sites excluding steroid dienone is 12. The van der Waals surface area contributed by atoms with Crippen LogP contribution in [0.1, 0.15) is 252 Å². The predicted octanol–water partition coefficient (Wildman–Crippen LogP) is 17.9. The molecule has 0 N–H and O–H groups in total. The van der Waals surface area contributed by atoms with Crippen LogP contribution in [0, 0.1) is 0 Å². The summed E-state index contributed by atoms with van der Waals surface area (Å²) in [6.07, 6.45) is 67.7. The van der Waals surface area contributed by atoms with Crippen LogP contribution < -0.4 is 0 Å². The summed E-state index contributed by atoms with van der Waals surface area (Å²) in [5.74, 6) is -0.423. The summed E-state index contributed by atoms with van der Waals surface area (Å²) >= 11 is 0. The van der Waals surface area contributed by atoms with Crippen molar-refractivity contribution in [1.29, 1.82) is 0 Å². The van der Waals surface area contributed by atoms with Crippen molar-refractivity contribution >= 4 is 11.9 Å². The number of rotatable bonds is 48. The van der Waals surface area contributed by atoms with Gasteiger partial charge < -0.3 is 14.2 Å². The summed E-state index contributed by atoms with van der Waals surface area (Å²) in [5.41, 5.74) is 0. The number of esters is 2. The molecule has 5 heteroatoms. The van der Waals surface area contributed by atoms with Gasteiger partial charge in [-0.05, 0) is 89.9 Å². The van der Waals surface area contributed by atoms with Gasteiger partial charge in [-0.2, -0.15) is 0 Å². The molecule has 0 rings (SSSR count). The molecule has 0 heterocycles. The lowest BCUT2D eigenvalue weighted by molar-refractivity contribution is -0.163. The van der Waals surface area contributed by atoms with E-state index in [4.69, 9.17) is 14.2 Å². The Balaban J connectivity index is 4.28. The van der Waals surface area contributed by atoms with Crippen LogP contribution >= 0.6 is 0 Å². The van der Waals surface area contributed by atoms with E-state index < -0.39 is 6.10 Å². The molecule has 1 unspecified atom stereocenters. The van der Waals surface area contributed by atoms with Crippen molar-refractivity contribution in [2.24, 2.45) is 0 Å². The summed E-state index contributed by atoms with van der Waals surface area (Å²) in [6, 6.07) is 0. The van der Waals surface area contributed by atoms with Gasteiger partial charge in [-0.1, -0.05) is 222 Å². The van der Waals surface area contributed by atoms with Crippen molar-refractivity contribution in [3.05, 3.63) is 72.9 Å². The maximum Gasteiger partial charge on any atom is 0.306 e. The zero-order chi connectivity index (χ0) is 44.9. The Labute approximate surface area is 385 Å².